The lowest BCUT2D eigenvalue weighted by Crippen LogP contribution is -2.26. The number of aliphatic hydroxyl groups excluding tert-OH is 1. The van der Waals surface area contributed by atoms with Crippen molar-refractivity contribution >= 4 is 11.8 Å². The summed E-state index contributed by atoms with van der Waals surface area (Å²) < 4.78 is 0. The number of rotatable bonds is 8. The normalized spacial score (nSPS) is 10.2. The Labute approximate surface area is 112 Å². The molecule has 0 aliphatic heterocycles. The monoisotopic (exact) mass is 263 g/mol. The summed E-state index contributed by atoms with van der Waals surface area (Å²) in [4.78, 5) is 22.8. The van der Waals surface area contributed by atoms with Crippen LogP contribution < -0.4 is 11.1 Å². The van der Waals surface area contributed by atoms with Crippen LogP contribution in [0.15, 0.2) is 24.3 Å². The smallest absolute Gasteiger partial charge is 0.249 e. The van der Waals surface area contributed by atoms with E-state index < -0.39 is 5.91 Å². The molecule has 0 bridgehead atoms. The van der Waals surface area contributed by atoms with E-state index in [1.165, 1.54) is 6.42 Å². The molecule has 0 fully saturated rings. The number of hydrogen-bond acceptors (Lipinski definition) is 3. The molecule has 5 nitrogen and oxygen atoms in total. The van der Waals surface area contributed by atoms with Crippen LogP contribution in [0.5, 0.6) is 0 Å². The third-order valence-corrected chi connectivity index (χ3v) is 2.65. The number of nitrogens with one attached hydrogen (secondary N) is 1. The lowest BCUT2D eigenvalue weighted by Gasteiger charge is -2.07. The molecule has 0 saturated heterocycles. The quantitative estimate of drug-likeness (QED) is 0.600. The van der Waals surface area contributed by atoms with Crippen molar-refractivity contribution in [2.45, 2.75) is 19.3 Å². The van der Waals surface area contributed by atoms with Gasteiger partial charge in [0.25, 0.3) is 0 Å². The minimum Gasteiger partial charge on any atom is -0.396 e. The number of aliphatic hydroxyl groups is 1. The van der Waals surface area contributed by atoms with Crippen LogP contribution in [0.3, 0.4) is 0 Å². The van der Waals surface area contributed by atoms with Gasteiger partial charge in [0.2, 0.25) is 11.8 Å². The maximum Gasteiger partial charge on any atom is 0.249 e. The Balaban J connectivity index is 2.42. The highest BCUT2D eigenvalue weighted by atomic mass is 16.2. The van der Waals surface area contributed by atoms with E-state index in [1.807, 2.05) is 0 Å². The fourth-order valence-corrected chi connectivity index (χ4v) is 1.66. The highest BCUT2D eigenvalue weighted by Gasteiger charge is 2.11. The van der Waals surface area contributed by atoms with E-state index in [4.69, 9.17) is 10.8 Å². The van der Waals surface area contributed by atoms with Crippen LogP contribution in [0.2, 0.25) is 0 Å². The molecule has 1 radical (unpaired) electrons. The summed E-state index contributed by atoms with van der Waals surface area (Å²) in [7, 11) is 0. The summed E-state index contributed by atoms with van der Waals surface area (Å²) in [5, 5.41) is 11.3. The first-order valence-electron chi connectivity index (χ1n) is 6.27. The highest BCUT2D eigenvalue weighted by molar-refractivity contribution is 5.98. The number of primary amides is 1. The average Bonchev–Trinajstić information content (AvgIpc) is 2.39. The molecule has 0 unspecified atom stereocenters. The SMILES string of the molecule is NC(=O)c1ccccc1[CH]C(=O)NCCCCCO. The van der Waals surface area contributed by atoms with Gasteiger partial charge in [-0.1, -0.05) is 18.2 Å². The lowest BCUT2D eigenvalue weighted by atomic mass is 10.0. The van der Waals surface area contributed by atoms with Gasteiger partial charge in [0.1, 0.15) is 0 Å². The van der Waals surface area contributed by atoms with Crippen molar-refractivity contribution in [3.05, 3.63) is 41.8 Å². The van der Waals surface area contributed by atoms with Gasteiger partial charge in [-0.2, -0.15) is 0 Å². The molecule has 1 aromatic carbocycles. The summed E-state index contributed by atoms with van der Waals surface area (Å²) in [6, 6.07) is 6.70. The Morgan fingerprint density at radius 2 is 1.95 bits per heavy atom. The Morgan fingerprint density at radius 3 is 2.63 bits per heavy atom. The van der Waals surface area contributed by atoms with Crippen LogP contribution in [0.25, 0.3) is 0 Å². The summed E-state index contributed by atoms with van der Waals surface area (Å²) in [6.07, 6.45) is 3.79. The van der Waals surface area contributed by atoms with Gasteiger partial charge < -0.3 is 16.2 Å². The third kappa shape index (κ3) is 5.52. The van der Waals surface area contributed by atoms with Gasteiger partial charge in [0.15, 0.2) is 0 Å². The molecule has 0 atom stereocenters. The summed E-state index contributed by atoms with van der Waals surface area (Å²) in [6.45, 7) is 0.722. The lowest BCUT2D eigenvalue weighted by molar-refractivity contribution is -0.117. The highest BCUT2D eigenvalue weighted by Crippen LogP contribution is 2.10. The van der Waals surface area contributed by atoms with Gasteiger partial charge in [-0.25, -0.2) is 0 Å². The van der Waals surface area contributed by atoms with Crippen molar-refractivity contribution in [1.29, 1.82) is 0 Å². The molecule has 0 aliphatic rings. The fraction of sp³-hybridized carbons (Fsp3) is 0.357. The first kappa shape index (κ1) is 15.2. The van der Waals surface area contributed by atoms with Crippen molar-refractivity contribution in [3.8, 4) is 0 Å². The number of unbranched alkanes of at least 4 members (excludes halogenated alkanes) is 2. The second kappa shape index (κ2) is 8.26. The minimum absolute atomic E-state index is 0.173. The molecule has 0 aliphatic carbocycles. The predicted molar refractivity (Wildman–Crippen MR) is 72.3 cm³/mol. The molecule has 0 heterocycles. The second-order valence-corrected chi connectivity index (χ2v) is 4.17. The second-order valence-electron chi connectivity index (χ2n) is 4.17. The number of hydrogen-bond donors (Lipinski definition) is 3. The number of carbonyl (C=O) groups excluding carboxylic acids is 2. The average molecular weight is 263 g/mol. The molecule has 0 aromatic heterocycles. The molecule has 4 N–H and O–H groups in total. The van der Waals surface area contributed by atoms with Gasteiger partial charge in [-0.05, 0) is 30.9 Å². The standard InChI is InChI=1S/C14H19N2O3/c15-14(19)12-7-3-2-6-11(12)10-13(18)16-8-4-1-5-9-17/h2-3,6-7,10,17H,1,4-5,8-9H2,(H2,15,19)(H,16,18). The Kier molecular flexibility index (Phi) is 6.60. The van der Waals surface area contributed by atoms with Gasteiger partial charge in [-0.3, -0.25) is 9.59 Å². The summed E-state index contributed by atoms with van der Waals surface area (Å²) >= 11 is 0. The van der Waals surface area contributed by atoms with Gasteiger partial charge in [-0.15, -0.1) is 0 Å². The first-order valence-corrected chi connectivity index (χ1v) is 6.27. The topological polar surface area (TPSA) is 92.4 Å². The van der Waals surface area contributed by atoms with E-state index in [1.54, 1.807) is 24.3 Å². The molecule has 2 amide bonds. The Morgan fingerprint density at radius 1 is 1.21 bits per heavy atom. The largest absolute Gasteiger partial charge is 0.396 e. The zero-order valence-electron chi connectivity index (χ0n) is 10.8. The Bertz CT molecular complexity index is 432. The first-order chi connectivity index (χ1) is 9.15. The molecular formula is C14H19N2O3. The maximum absolute atomic E-state index is 11.7. The predicted octanol–water partition coefficient (Wildman–Crippen LogP) is 0.617. The molecule has 1 aromatic rings. The Hall–Kier alpha value is -1.88. The fourth-order valence-electron chi connectivity index (χ4n) is 1.66. The van der Waals surface area contributed by atoms with E-state index in [9.17, 15) is 9.59 Å². The maximum atomic E-state index is 11.7. The van der Waals surface area contributed by atoms with Crippen LogP contribution in [0.4, 0.5) is 0 Å². The van der Waals surface area contributed by atoms with E-state index in [-0.39, 0.29) is 12.5 Å². The summed E-state index contributed by atoms with van der Waals surface area (Å²) in [5.41, 5.74) is 6.08. The third-order valence-electron chi connectivity index (χ3n) is 2.65. The molecule has 0 saturated carbocycles. The van der Waals surface area contributed by atoms with Gasteiger partial charge in [0, 0.05) is 18.7 Å². The number of carbonyl (C=O) groups is 2. The van der Waals surface area contributed by atoms with Crippen molar-refractivity contribution in [2.24, 2.45) is 5.73 Å². The minimum atomic E-state index is -0.553. The van der Waals surface area contributed by atoms with E-state index in [0.29, 0.717) is 17.7 Å². The number of amides is 2. The summed E-state index contributed by atoms with van der Waals surface area (Å²) in [5.74, 6) is -0.805. The number of benzene rings is 1. The zero-order chi connectivity index (χ0) is 14.1. The molecular weight excluding hydrogens is 244 g/mol. The van der Waals surface area contributed by atoms with Crippen LogP contribution in [0.1, 0.15) is 35.2 Å². The van der Waals surface area contributed by atoms with Crippen LogP contribution >= 0.6 is 0 Å². The van der Waals surface area contributed by atoms with Crippen molar-refractivity contribution < 1.29 is 14.7 Å². The van der Waals surface area contributed by atoms with E-state index in [2.05, 4.69) is 5.32 Å². The van der Waals surface area contributed by atoms with Gasteiger partial charge in [0.05, 0.1) is 6.42 Å². The molecule has 5 heteroatoms. The van der Waals surface area contributed by atoms with Crippen molar-refractivity contribution in [2.75, 3.05) is 13.2 Å². The molecule has 19 heavy (non-hydrogen) atoms. The van der Waals surface area contributed by atoms with Crippen LogP contribution in [-0.4, -0.2) is 30.1 Å². The van der Waals surface area contributed by atoms with Crippen LogP contribution in [0, 0.1) is 6.42 Å². The molecule has 103 valence electrons. The van der Waals surface area contributed by atoms with E-state index >= 15 is 0 Å². The van der Waals surface area contributed by atoms with Crippen molar-refractivity contribution in [1.82, 2.24) is 5.32 Å². The van der Waals surface area contributed by atoms with Crippen molar-refractivity contribution in [3.63, 3.8) is 0 Å². The van der Waals surface area contributed by atoms with Gasteiger partial charge >= 0.3 is 0 Å². The van der Waals surface area contributed by atoms with E-state index in [0.717, 1.165) is 19.3 Å². The number of nitrogens with two attached hydrogens (primary N) is 1. The zero-order valence-corrected chi connectivity index (χ0v) is 10.8. The van der Waals surface area contributed by atoms with Crippen LogP contribution in [-0.2, 0) is 4.79 Å². The molecule has 0 spiro atoms. The molecule has 1 rings (SSSR count).